The number of hydrogen-bond acceptors (Lipinski definition) is 3. The lowest BCUT2D eigenvalue weighted by Gasteiger charge is -2.28. The summed E-state index contributed by atoms with van der Waals surface area (Å²) in [5, 5.41) is 1.34. The maximum Gasteiger partial charge on any atom is 0.467 e. The van der Waals surface area contributed by atoms with Crippen LogP contribution in [0.2, 0.25) is 0 Å². The van der Waals surface area contributed by atoms with Crippen molar-refractivity contribution in [3.63, 3.8) is 0 Å². The van der Waals surface area contributed by atoms with E-state index in [0.717, 1.165) is 0 Å². The molecule has 0 heterocycles. The Balaban J connectivity index is 2.80. The van der Waals surface area contributed by atoms with Crippen LogP contribution in [-0.4, -0.2) is 37.2 Å². The molecule has 0 aliphatic carbocycles. The Morgan fingerprint density at radius 2 is 1.35 bits per heavy atom. The molecule has 0 saturated carbocycles. The van der Waals surface area contributed by atoms with Gasteiger partial charge in [-0.2, -0.15) is 0 Å². The van der Waals surface area contributed by atoms with Crippen molar-refractivity contribution in [3.05, 3.63) is 30.3 Å². The highest BCUT2D eigenvalue weighted by atomic mass is 29.2. The van der Waals surface area contributed by atoms with Crippen LogP contribution < -0.4 is 5.19 Å². The Labute approximate surface area is 107 Å². The molecule has 1 aromatic rings. The van der Waals surface area contributed by atoms with Gasteiger partial charge in [0, 0.05) is 19.8 Å². The molecule has 0 aromatic heterocycles. The van der Waals surface area contributed by atoms with E-state index in [9.17, 15) is 0 Å². The second kappa shape index (κ2) is 7.78. The molecule has 0 radical (unpaired) electrons. The molecule has 3 nitrogen and oxygen atoms in total. The zero-order chi connectivity index (χ0) is 12.6. The second-order valence-electron chi connectivity index (χ2n) is 3.64. The molecule has 0 unspecified atom stereocenters. The second-order valence-corrected chi connectivity index (χ2v) is 10.7. The van der Waals surface area contributed by atoms with E-state index in [-0.39, 0.29) is 0 Å². The lowest BCUT2D eigenvalue weighted by molar-refractivity contribution is 0.0934. The molecule has 0 fully saturated rings. The van der Waals surface area contributed by atoms with Crippen LogP contribution in [0.5, 0.6) is 0 Å². The Morgan fingerprint density at radius 3 is 1.76 bits per heavy atom. The number of hydrogen-bond donors (Lipinski definition) is 0. The highest BCUT2D eigenvalue weighted by Gasteiger charge is 2.40. The molecule has 0 aliphatic rings. The van der Waals surface area contributed by atoms with Crippen molar-refractivity contribution in [1.29, 1.82) is 0 Å². The van der Waals surface area contributed by atoms with Crippen LogP contribution in [0.4, 0.5) is 0 Å². The summed E-state index contributed by atoms with van der Waals surface area (Å²) in [6.07, 6.45) is 0. The predicted octanol–water partition coefficient (Wildman–Crippen LogP) is 1.03. The van der Waals surface area contributed by atoms with Gasteiger partial charge in [0.05, 0.1) is 0 Å². The van der Waals surface area contributed by atoms with Crippen molar-refractivity contribution in [3.8, 4) is 0 Å². The standard InChI is InChI=1S/C12H22O3Si2/c1-4-13-17(14-5-2,15-6-3)16-12-10-8-7-9-11-12/h7-11H,4-6,16H2,1-3H3. The quantitative estimate of drug-likeness (QED) is 0.660. The summed E-state index contributed by atoms with van der Waals surface area (Å²) in [4.78, 5) is 0. The molecule has 1 rings (SSSR count). The summed E-state index contributed by atoms with van der Waals surface area (Å²) in [6, 6.07) is 10.4. The summed E-state index contributed by atoms with van der Waals surface area (Å²) in [5.41, 5.74) is 0. The average Bonchev–Trinajstić information content (AvgIpc) is 2.31. The van der Waals surface area contributed by atoms with Crippen molar-refractivity contribution >= 4 is 22.5 Å². The molecule has 0 amide bonds. The van der Waals surface area contributed by atoms with E-state index in [1.807, 2.05) is 26.8 Å². The normalized spacial score (nSPS) is 12.4. The van der Waals surface area contributed by atoms with E-state index in [0.29, 0.717) is 19.8 Å². The summed E-state index contributed by atoms with van der Waals surface area (Å²) < 4.78 is 17.6. The maximum absolute atomic E-state index is 5.87. The topological polar surface area (TPSA) is 27.7 Å². The van der Waals surface area contributed by atoms with Gasteiger partial charge < -0.3 is 13.3 Å². The Bertz CT molecular complexity index is 289. The third-order valence-corrected chi connectivity index (χ3v) is 10.2. The summed E-state index contributed by atoms with van der Waals surface area (Å²) in [5.74, 6) is 0. The van der Waals surface area contributed by atoms with Crippen LogP contribution in [0.15, 0.2) is 30.3 Å². The smallest absolute Gasteiger partial charge is 0.377 e. The molecule has 0 spiro atoms. The van der Waals surface area contributed by atoms with Gasteiger partial charge in [0.25, 0.3) is 0 Å². The first kappa shape index (κ1) is 14.6. The SMILES string of the molecule is CCO[Si](OCC)(OCC)[SiH2]c1ccccc1. The van der Waals surface area contributed by atoms with E-state index in [4.69, 9.17) is 13.3 Å². The lowest BCUT2D eigenvalue weighted by Crippen LogP contribution is -2.56. The first-order chi connectivity index (χ1) is 8.26. The molecule has 0 aliphatic heterocycles. The van der Waals surface area contributed by atoms with Gasteiger partial charge >= 0.3 is 8.32 Å². The van der Waals surface area contributed by atoms with Gasteiger partial charge in [-0.25, -0.2) is 0 Å². The van der Waals surface area contributed by atoms with Crippen LogP contribution >= 0.6 is 0 Å². The van der Waals surface area contributed by atoms with Gasteiger partial charge in [-0.05, 0) is 20.8 Å². The molecule has 0 atom stereocenters. The summed E-state index contributed by atoms with van der Waals surface area (Å²) in [7, 11) is -3.06. The van der Waals surface area contributed by atoms with Gasteiger partial charge in [0.1, 0.15) is 0 Å². The molecular weight excluding hydrogens is 248 g/mol. The van der Waals surface area contributed by atoms with E-state index in [2.05, 4.69) is 24.3 Å². The minimum atomic E-state index is -2.40. The Kier molecular flexibility index (Phi) is 6.68. The minimum Gasteiger partial charge on any atom is -0.377 e. The zero-order valence-corrected chi connectivity index (χ0v) is 13.4. The van der Waals surface area contributed by atoms with Gasteiger partial charge in [0.2, 0.25) is 0 Å². The first-order valence-electron chi connectivity index (χ1n) is 6.22. The van der Waals surface area contributed by atoms with E-state index in [1.165, 1.54) is 5.19 Å². The fraction of sp³-hybridized carbons (Fsp3) is 0.500. The average molecular weight is 270 g/mol. The fourth-order valence-electron chi connectivity index (χ4n) is 1.78. The number of benzene rings is 1. The first-order valence-corrected chi connectivity index (χ1v) is 11.0. The Morgan fingerprint density at radius 1 is 0.882 bits per heavy atom. The van der Waals surface area contributed by atoms with Crippen molar-refractivity contribution in [1.82, 2.24) is 0 Å². The van der Waals surface area contributed by atoms with Crippen LogP contribution in [0, 0.1) is 0 Å². The van der Waals surface area contributed by atoms with E-state index >= 15 is 0 Å². The van der Waals surface area contributed by atoms with Crippen LogP contribution in [0.3, 0.4) is 0 Å². The van der Waals surface area contributed by atoms with Crippen LogP contribution in [-0.2, 0) is 13.3 Å². The Hall–Kier alpha value is -0.466. The van der Waals surface area contributed by atoms with Crippen molar-refractivity contribution in [2.45, 2.75) is 20.8 Å². The molecule has 1 aromatic carbocycles. The highest BCUT2D eigenvalue weighted by molar-refractivity contribution is 7.19. The lowest BCUT2D eigenvalue weighted by atomic mass is 10.4. The maximum atomic E-state index is 5.87. The highest BCUT2D eigenvalue weighted by Crippen LogP contribution is 2.08. The third kappa shape index (κ3) is 4.73. The van der Waals surface area contributed by atoms with Crippen LogP contribution in [0.25, 0.3) is 0 Å². The summed E-state index contributed by atoms with van der Waals surface area (Å²) in [6.45, 7) is 7.97. The van der Waals surface area contributed by atoms with Crippen molar-refractivity contribution < 1.29 is 13.3 Å². The fourth-order valence-corrected chi connectivity index (χ4v) is 9.63. The van der Waals surface area contributed by atoms with Crippen LogP contribution in [0.1, 0.15) is 20.8 Å². The molecule has 0 bridgehead atoms. The van der Waals surface area contributed by atoms with E-state index < -0.39 is 17.4 Å². The monoisotopic (exact) mass is 270 g/mol. The van der Waals surface area contributed by atoms with Gasteiger partial charge in [-0.15, -0.1) is 0 Å². The third-order valence-electron chi connectivity index (χ3n) is 2.36. The van der Waals surface area contributed by atoms with E-state index in [1.54, 1.807) is 0 Å². The number of rotatable bonds is 8. The predicted molar refractivity (Wildman–Crippen MR) is 75.3 cm³/mol. The molecule has 17 heavy (non-hydrogen) atoms. The molecule has 5 heteroatoms. The zero-order valence-electron chi connectivity index (χ0n) is 10.9. The largest absolute Gasteiger partial charge is 0.467 e. The molecule has 0 N–H and O–H groups in total. The van der Waals surface area contributed by atoms with Gasteiger partial charge in [-0.1, -0.05) is 35.5 Å². The summed E-state index contributed by atoms with van der Waals surface area (Å²) >= 11 is 0. The van der Waals surface area contributed by atoms with Crippen molar-refractivity contribution in [2.75, 3.05) is 19.8 Å². The minimum absolute atomic E-state index is 0.659. The van der Waals surface area contributed by atoms with Gasteiger partial charge in [0.15, 0.2) is 9.04 Å². The molecule has 0 saturated heterocycles. The molecular formula is C12H22O3Si2. The molecule has 96 valence electrons. The van der Waals surface area contributed by atoms with Gasteiger partial charge in [-0.3, -0.25) is 0 Å². The van der Waals surface area contributed by atoms with Crippen molar-refractivity contribution in [2.24, 2.45) is 0 Å².